The van der Waals surface area contributed by atoms with Crippen LogP contribution in [0.2, 0.25) is 0 Å². The molecular weight excluding hydrogens is 340 g/mol. The number of thiazole rings is 1. The highest BCUT2D eigenvalue weighted by Crippen LogP contribution is 2.28. The zero-order valence-corrected chi connectivity index (χ0v) is 15.4. The molecule has 3 nitrogen and oxygen atoms in total. The average Bonchev–Trinajstić information content (AvgIpc) is 3.12. The van der Waals surface area contributed by atoms with Gasteiger partial charge in [-0.25, -0.2) is 4.98 Å². The Bertz CT molecular complexity index is 1110. The molecule has 0 saturated heterocycles. The largest absolute Gasteiger partial charge is 0.298 e. The maximum absolute atomic E-state index is 12.6. The van der Waals surface area contributed by atoms with Crippen molar-refractivity contribution in [2.45, 2.75) is 13.8 Å². The Morgan fingerprint density at radius 2 is 1.77 bits per heavy atom. The average molecular weight is 358 g/mol. The summed E-state index contributed by atoms with van der Waals surface area (Å²) in [5.41, 5.74) is 4.71. The Morgan fingerprint density at radius 3 is 2.62 bits per heavy atom. The number of amides is 1. The van der Waals surface area contributed by atoms with Crippen molar-refractivity contribution in [2.75, 3.05) is 5.32 Å². The van der Waals surface area contributed by atoms with Crippen molar-refractivity contribution in [3.05, 3.63) is 82.7 Å². The van der Waals surface area contributed by atoms with Crippen LogP contribution in [0.25, 0.3) is 22.0 Å². The summed E-state index contributed by atoms with van der Waals surface area (Å²) in [6.07, 6.45) is 0. The summed E-state index contributed by atoms with van der Waals surface area (Å²) >= 11 is 1.44. The Kier molecular flexibility index (Phi) is 4.27. The van der Waals surface area contributed by atoms with Crippen LogP contribution in [0, 0.1) is 13.8 Å². The molecule has 1 aromatic heterocycles. The number of carbonyl (C=O) groups excluding carboxylic acids is 1. The molecule has 1 amide bonds. The van der Waals surface area contributed by atoms with Gasteiger partial charge < -0.3 is 0 Å². The molecule has 4 heteroatoms. The zero-order chi connectivity index (χ0) is 18.1. The minimum absolute atomic E-state index is 0.120. The van der Waals surface area contributed by atoms with Crippen molar-refractivity contribution in [1.29, 1.82) is 0 Å². The maximum atomic E-state index is 12.6. The highest BCUT2D eigenvalue weighted by Gasteiger charge is 2.13. The normalized spacial score (nSPS) is 10.8. The van der Waals surface area contributed by atoms with Gasteiger partial charge in [-0.05, 0) is 47.9 Å². The summed E-state index contributed by atoms with van der Waals surface area (Å²) in [5, 5.41) is 7.89. The first kappa shape index (κ1) is 16.5. The molecule has 0 unspecified atom stereocenters. The summed E-state index contributed by atoms with van der Waals surface area (Å²) in [4.78, 5) is 17.2. The molecule has 4 rings (SSSR count). The molecule has 26 heavy (non-hydrogen) atoms. The number of nitrogens with zero attached hydrogens (tertiary/aromatic N) is 1. The molecule has 1 N–H and O–H groups in total. The van der Waals surface area contributed by atoms with E-state index in [0.29, 0.717) is 10.7 Å². The van der Waals surface area contributed by atoms with Gasteiger partial charge in [0.2, 0.25) is 0 Å². The van der Waals surface area contributed by atoms with Crippen LogP contribution in [0.5, 0.6) is 0 Å². The van der Waals surface area contributed by atoms with Crippen LogP contribution in [0.15, 0.2) is 66.0 Å². The second-order valence-corrected chi connectivity index (χ2v) is 7.16. The van der Waals surface area contributed by atoms with Crippen LogP contribution >= 0.6 is 11.3 Å². The van der Waals surface area contributed by atoms with E-state index in [1.54, 1.807) is 0 Å². The quantitative estimate of drug-likeness (QED) is 0.500. The van der Waals surface area contributed by atoms with E-state index in [1.807, 2.05) is 49.6 Å². The third kappa shape index (κ3) is 3.11. The Morgan fingerprint density at radius 1 is 0.962 bits per heavy atom. The first-order chi connectivity index (χ1) is 12.6. The van der Waals surface area contributed by atoms with Crippen molar-refractivity contribution < 1.29 is 4.79 Å². The minimum atomic E-state index is -0.120. The number of hydrogen-bond donors (Lipinski definition) is 1. The second kappa shape index (κ2) is 6.73. The summed E-state index contributed by atoms with van der Waals surface area (Å²) in [7, 11) is 0. The summed E-state index contributed by atoms with van der Waals surface area (Å²) in [6, 6.07) is 20.3. The Labute approximate surface area is 156 Å². The van der Waals surface area contributed by atoms with E-state index in [-0.39, 0.29) is 5.91 Å². The standard InChI is InChI=1S/C22H18N2OS/c1-14-6-5-9-19(15(14)2)21(25)24-22-23-20(13-26-22)18-11-10-16-7-3-4-8-17(16)12-18/h3-13H,1-2H3,(H,23,24,25). The monoisotopic (exact) mass is 358 g/mol. The Balaban J connectivity index is 1.59. The molecule has 0 aliphatic carbocycles. The molecule has 0 aliphatic heterocycles. The molecule has 0 fully saturated rings. The molecule has 0 saturated carbocycles. The number of benzene rings is 3. The number of nitrogens with one attached hydrogen (secondary N) is 1. The van der Waals surface area contributed by atoms with Crippen LogP contribution in [0.1, 0.15) is 21.5 Å². The fraction of sp³-hybridized carbons (Fsp3) is 0.0909. The van der Waals surface area contributed by atoms with E-state index in [2.05, 4.69) is 40.6 Å². The van der Waals surface area contributed by atoms with Gasteiger partial charge in [0.1, 0.15) is 0 Å². The van der Waals surface area contributed by atoms with Gasteiger partial charge in [-0.15, -0.1) is 11.3 Å². The fourth-order valence-corrected chi connectivity index (χ4v) is 3.69. The summed E-state index contributed by atoms with van der Waals surface area (Å²) < 4.78 is 0. The predicted octanol–water partition coefficient (Wildman–Crippen LogP) is 5.83. The van der Waals surface area contributed by atoms with Gasteiger partial charge in [0.05, 0.1) is 5.69 Å². The van der Waals surface area contributed by atoms with E-state index in [9.17, 15) is 4.79 Å². The number of hydrogen-bond acceptors (Lipinski definition) is 3. The molecule has 4 aromatic rings. The molecule has 0 bridgehead atoms. The van der Waals surface area contributed by atoms with Gasteiger partial charge in [0, 0.05) is 16.5 Å². The SMILES string of the molecule is Cc1cccc(C(=O)Nc2nc(-c3ccc4ccccc4c3)cs2)c1C. The van der Waals surface area contributed by atoms with Gasteiger partial charge in [-0.1, -0.05) is 48.5 Å². The van der Waals surface area contributed by atoms with Gasteiger partial charge in [0.15, 0.2) is 5.13 Å². The van der Waals surface area contributed by atoms with Crippen molar-refractivity contribution in [2.24, 2.45) is 0 Å². The first-order valence-electron chi connectivity index (χ1n) is 8.44. The van der Waals surface area contributed by atoms with Gasteiger partial charge in [-0.2, -0.15) is 0 Å². The van der Waals surface area contributed by atoms with E-state index in [4.69, 9.17) is 0 Å². The summed E-state index contributed by atoms with van der Waals surface area (Å²) in [6.45, 7) is 3.97. The van der Waals surface area contributed by atoms with Crippen molar-refractivity contribution in [3.8, 4) is 11.3 Å². The fourth-order valence-electron chi connectivity index (χ4n) is 2.97. The van der Waals surface area contributed by atoms with Crippen molar-refractivity contribution in [1.82, 2.24) is 4.98 Å². The van der Waals surface area contributed by atoms with Crippen LogP contribution < -0.4 is 5.32 Å². The molecule has 128 valence electrons. The smallest absolute Gasteiger partial charge is 0.257 e. The summed E-state index contributed by atoms with van der Waals surface area (Å²) in [5.74, 6) is -0.120. The van der Waals surface area contributed by atoms with Gasteiger partial charge in [-0.3, -0.25) is 10.1 Å². The van der Waals surface area contributed by atoms with Gasteiger partial charge >= 0.3 is 0 Å². The van der Waals surface area contributed by atoms with E-state index in [1.165, 1.54) is 22.1 Å². The van der Waals surface area contributed by atoms with Crippen LogP contribution in [-0.2, 0) is 0 Å². The lowest BCUT2D eigenvalue weighted by Gasteiger charge is -2.07. The number of carbonyl (C=O) groups is 1. The molecule has 1 heterocycles. The maximum Gasteiger partial charge on any atom is 0.257 e. The molecule has 0 spiro atoms. The number of fused-ring (bicyclic) bond motifs is 1. The number of anilines is 1. The number of rotatable bonds is 3. The first-order valence-corrected chi connectivity index (χ1v) is 9.32. The minimum Gasteiger partial charge on any atom is -0.298 e. The van der Waals surface area contributed by atoms with Crippen LogP contribution in [0.3, 0.4) is 0 Å². The van der Waals surface area contributed by atoms with E-state index in [0.717, 1.165) is 22.4 Å². The number of aryl methyl sites for hydroxylation is 1. The lowest BCUT2D eigenvalue weighted by molar-refractivity contribution is 0.102. The van der Waals surface area contributed by atoms with Crippen molar-refractivity contribution >= 4 is 33.1 Å². The molecule has 0 aliphatic rings. The van der Waals surface area contributed by atoms with Crippen LogP contribution in [0.4, 0.5) is 5.13 Å². The highest BCUT2D eigenvalue weighted by molar-refractivity contribution is 7.14. The molecule has 0 radical (unpaired) electrons. The third-order valence-electron chi connectivity index (χ3n) is 4.62. The lowest BCUT2D eigenvalue weighted by Crippen LogP contribution is -2.13. The van der Waals surface area contributed by atoms with E-state index < -0.39 is 0 Å². The van der Waals surface area contributed by atoms with Crippen molar-refractivity contribution in [3.63, 3.8) is 0 Å². The molecule has 3 aromatic carbocycles. The highest BCUT2D eigenvalue weighted by atomic mass is 32.1. The Hall–Kier alpha value is -2.98. The lowest BCUT2D eigenvalue weighted by atomic mass is 10.0. The van der Waals surface area contributed by atoms with Gasteiger partial charge in [0.25, 0.3) is 5.91 Å². The molecular formula is C22H18N2OS. The zero-order valence-electron chi connectivity index (χ0n) is 14.6. The second-order valence-electron chi connectivity index (χ2n) is 6.30. The third-order valence-corrected chi connectivity index (χ3v) is 5.38. The predicted molar refractivity (Wildman–Crippen MR) is 109 cm³/mol. The van der Waals surface area contributed by atoms with Crippen LogP contribution in [-0.4, -0.2) is 10.9 Å². The topological polar surface area (TPSA) is 42.0 Å². The van der Waals surface area contributed by atoms with E-state index >= 15 is 0 Å². The number of aromatic nitrogens is 1. The molecule has 0 atom stereocenters.